The van der Waals surface area contributed by atoms with Gasteiger partial charge in [0.2, 0.25) is 0 Å². The summed E-state index contributed by atoms with van der Waals surface area (Å²) in [7, 11) is 0. The first-order chi connectivity index (χ1) is 7.85. The molecule has 2 rings (SSSR count). The number of fused-ring (bicyclic) bond motifs is 1. The summed E-state index contributed by atoms with van der Waals surface area (Å²) < 4.78 is 0. The summed E-state index contributed by atoms with van der Waals surface area (Å²) in [6, 6.07) is 8.46. The van der Waals surface area contributed by atoms with E-state index in [1.54, 1.807) is 6.08 Å². The lowest BCUT2D eigenvalue weighted by molar-refractivity contribution is 0.861. The summed E-state index contributed by atoms with van der Waals surface area (Å²) in [5, 5.41) is 6.88. The predicted molar refractivity (Wildman–Crippen MR) is 70.8 cm³/mol. The van der Waals surface area contributed by atoms with E-state index in [1.807, 2.05) is 24.3 Å². The molecule has 0 fully saturated rings. The number of hydrogen-bond donors (Lipinski definition) is 2. The molecule has 0 spiro atoms. The molecule has 1 aromatic carbocycles. The van der Waals surface area contributed by atoms with Gasteiger partial charge >= 0.3 is 0 Å². The van der Waals surface area contributed by atoms with E-state index in [-0.39, 0.29) is 6.04 Å². The van der Waals surface area contributed by atoms with Crippen LogP contribution in [0.1, 0.15) is 0 Å². The molecule has 0 radical (unpaired) electrons. The molecule has 2 heteroatoms. The number of nitrogens with one attached hydrogen (secondary N) is 2. The van der Waals surface area contributed by atoms with Crippen molar-refractivity contribution in [2.24, 2.45) is 0 Å². The van der Waals surface area contributed by atoms with Gasteiger partial charge in [0, 0.05) is 6.54 Å². The largest absolute Gasteiger partial charge is 0.381 e. The van der Waals surface area contributed by atoms with Crippen LogP contribution in [0.3, 0.4) is 0 Å². The van der Waals surface area contributed by atoms with Crippen LogP contribution in [-0.2, 0) is 0 Å². The molecular weight excluding hydrogens is 196 g/mol. The molecule has 2 N–H and O–H groups in total. The Labute approximate surface area is 96.4 Å². The van der Waals surface area contributed by atoms with Crippen molar-refractivity contribution in [2.45, 2.75) is 6.04 Å². The predicted octanol–water partition coefficient (Wildman–Crippen LogP) is 3.19. The first-order valence-corrected chi connectivity index (χ1v) is 5.39. The van der Waals surface area contributed by atoms with Gasteiger partial charge in [-0.3, -0.25) is 0 Å². The molecule has 0 saturated heterocycles. The van der Waals surface area contributed by atoms with Crippen LogP contribution in [0.2, 0.25) is 0 Å². The average Bonchev–Trinajstić information content (AvgIpc) is 2.35. The standard InChI is InChI=1S/C14H16N2/c1-3-7-11(4-2)14-10-15-12-8-5-6-9-13(12)16-14/h3-9,14-16H,1-2,10H2/b11-7+. The van der Waals surface area contributed by atoms with Gasteiger partial charge in [-0.2, -0.15) is 0 Å². The fourth-order valence-electron chi connectivity index (χ4n) is 1.88. The molecular formula is C14H16N2. The van der Waals surface area contributed by atoms with Gasteiger partial charge in [0.25, 0.3) is 0 Å². The van der Waals surface area contributed by atoms with Crippen molar-refractivity contribution in [3.8, 4) is 0 Å². The summed E-state index contributed by atoms with van der Waals surface area (Å²) >= 11 is 0. The maximum absolute atomic E-state index is 3.83. The number of para-hydroxylation sites is 2. The zero-order valence-electron chi connectivity index (χ0n) is 9.24. The highest BCUT2D eigenvalue weighted by Gasteiger charge is 2.17. The second-order valence-corrected chi connectivity index (χ2v) is 3.73. The summed E-state index contributed by atoms with van der Waals surface area (Å²) in [6.07, 6.45) is 5.65. The third-order valence-electron chi connectivity index (χ3n) is 2.70. The van der Waals surface area contributed by atoms with Crippen LogP contribution < -0.4 is 10.6 Å². The maximum atomic E-state index is 3.83. The van der Waals surface area contributed by atoms with E-state index in [0.717, 1.165) is 23.5 Å². The Morgan fingerprint density at radius 3 is 2.69 bits per heavy atom. The van der Waals surface area contributed by atoms with E-state index in [1.165, 1.54) is 0 Å². The molecule has 0 aliphatic carbocycles. The molecule has 1 aliphatic rings. The van der Waals surface area contributed by atoms with E-state index >= 15 is 0 Å². The molecule has 1 heterocycles. The topological polar surface area (TPSA) is 24.1 Å². The fraction of sp³-hybridized carbons (Fsp3) is 0.143. The lowest BCUT2D eigenvalue weighted by atomic mass is 10.0. The molecule has 0 bridgehead atoms. The minimum Gasteiger partial charge on any atom is -0.381 e. The van der Waals surface area contributed by atoms with E-state index in [9.17, 15) is 0 Å². The van der Waals surface area contributed by atoms with Crippen LogP contribution in [0.25, 0.3) is 0 Å². The highest BCUT2D eigenvalue weighted by molar-refractivity contribution is 5.72. The third kappa shape index (κ3) is 2.01. The van der Waals surface area contributed by atoms with Gasteiger partial charge in [0.05, 0.1) is 17.4 Å². The Bertz CT molecular complexity index is 432. The van der Waals surface area contributed by atoms with Crippen LogP contribution in [0.15, 0.2) is 61.2 Å². The van der Waals surface area contributed by atoms with Gasteiger partial charge in [-0.05, 0) is 17.7 Å². The SMILES string of the molecule is C=C/C=C(\C=C)C1CNc2ccccc2N1. The zero-order valence-corrected chi connectivity index (χ0v) is 9.24. The van der Waals surface area contributed by atoms with Gasteiger partial charge in [-0.25, -0.2) is 0 Å². The Morgan fingerprint density at radius 2 is 2.00 bits per heavy atom. The molecule has 0 amide bonds. The van der Waals surface area contributed by atoms with Gasteiger partial charge in [-0.15, -0.1) is 0 Å². The molecule has 0 saturated carbocycles. The first-order valence-electron chi connectivity index (χ1n) is 5.39. The number of hydrogen-bond acceptors (Lipinski definition) is 2. The van der Waals surface area contributed by atoms with Crippen LogP contribution in [0, 0.1) is 0 Å². The Balaban J connectivity index is 2.22. The lowest BCUT2D eigenvalue weighted by Gasteiger charge is -2.29. The maximum Gasteiger partial charge on any atom is 0.0686 e. The molecule has 1 aliphatic heterocycles. The third-order valence-corrected chi connectivity index (χ3v) is 2.70. The lowest BCUT2D eigenvalue weighted by Crippen LogP contribution is -2.34. The number of rotatable bonds is 3. The van der Waals surface area contributed by atoms with Crippen molar-refractivity contribution < 1.29 is 0 Å². The van der Waals surface area contributed by atoms with E-state index in [2.05, 4.69) is 35.9 Å². The summed E-state index contributed by atoms with van der Waals surface area (Å²) in [5.74, 6) is 0. The van der Waals surface area contributed by atoms with Crippen LogP contribution >= 0.6 is 0 Å². The summed E-state index contributed by atoms with van der Waals surface area (Å²) in [6.45, 7) is 8.41. The Morgan fingerprint density at radius 1 is 1.25 bits per heavy atom. The molecule has 2 nitrogen and oxygen atoms in total. The van der Waals surface area contributed by atoms with Crippen molar-refractivity contribution in [2.75, 3.05) is 17.2 Å². The number of benzene rings is 1. The zero-order chi connectivity index (χ0) is 11.4. The molecule has 1 atom stereocenters. The van der Waals surface area contributed by atoms with Crippen LogP contribution in [0.4, 0.5) is 11.4 Å². The summed E-state index contributed by atoms with van der Waals surface area (Å²) in [5.41, 5.74) is 3.44. The Hall–Kier alpha value is -1.96. The van der Waals surface area contributed by atoms with Gasteiger partial charge in [0.1, 0.15) is 0 Å². The van der Waals surface area contributed by atoms with Crippen LogP contribution in [0.5, 0.6) is 0 Å². The quantitative estimate of drug-likeness (QED) is 0.752. The van der Waals surface area contributed by atoms with Crippen molar-refractivity contribution in [1.29, 1.82) is 0 Å². The molecule has 1 unspecified atom stereocenters. The minimum absolute atomic E-state index is 0.255. The van der Waals surface area contributed by atoms with Crippen molar-refractivity contribution >= 4 is 11.4 Å². The van der Waals surface area contributed by atoms with Gasteiger partial charge < -0.3 is 10.6 Å². The minimum atomic E-state index is 0.255. The van der Waals surface area contributed by atoms with E-state index in [4.69, 9.17) is 0 Å². The van der Waals surface area contributed by atoms with E-state index in [0.29, 0.717) is 0 Å². The van der Waals surface area contributed by atoms with Crippen molar-refractivity contribution in [3.05, 3.63) is 61.2 Å². The summed E-state index contributed by atoms with van der Waals surface area (Å²) in [4.78, 5) is 0. The molecule has 82 valence electrons. The monoisotopic (exact) mass is 212 g/mol. The molecule has 1 aromatic rings. The van der Waals surface area contributed by atoms with Gasteiger partial charge in [0.15, 0.2) is 0 Å². The highest BCUT2D eigenvalue weighted by atomic mass is 15.1. The number of allylic oxidation sites excluding steroid dienone is 2. The normalized spacial score (nSPS) is 19.0. The van der Waals surface area contributed by atoms with Crippen molar-refractivity contribution in [3.63, 3.8) is 0 Å². The van der Waals surface area contributed by atoms with Gasteiger partial charge in [-0.1, -0.05) is 43.5 Å². The first kappa shape index (κ1) is 10.6. The smallest absolute Gasteiger partial charge is 0.0686 e. The fourth-order valence-corrected chi connectivity index (χ4v) is 1.88. The van der Waals surface area contributed by atoms with E-state index < -0.39 is 0 Å². The highest BCUT2D eigenvalue weighted by Crippen LogP contribution is 2.27. The molecule has 0 aromatic heterocycles. The second kappa shape index (κ2) is 4.71. The van der Waals surface area contributed by atoms with Crippen LogP contribution in [-0.4, -0.2) is 12.6 Å². The average molecular weight is 212 g/mol. The Kier molecular flexibility index (Phi) is 3.10. The number of anilines is 2. The second-order valence-electron chi connectivity index (χ2n) is 3.73. The van der Waals surface area contributed by atoms with Crippen molar-refractivity contribution in [1.82, 2.24) is 0 Å². The molecule has 16 heavy (non-hydrogen) atoms.